The van der Waals surface area contributed by atoms with Crippen molar-refractivity contribution >= 4 is 22.8 Å². The van der Waals surface area contributed by atoms with E-state index < -0.39 is 5.69 Å². The van der Waals surface area contributed by atoms with Crippen LogP contribution in [0, 0.1) is 0 Å². The van der Waals surface area contributed by atoms with E-state index in [9.17, 15) is 4.79 Å². The summed E-state index contributed by atoms with van der Waals surface area (Å²) in [5, 5.41) is 0.820. The second-order valence-electron chi connectivity index (χ2n) is 3.29. The zero-order chi connectivity index (χ0) is 11.0. The molecule has 0 atom stereocenters. The molecule has 5 nitrogen and oxygen atoms in total. The van der Waals surface area contributed by atoms with Gasteiger partial charge in [0.15, 0.2) is 5.75 Å². The van der Waals surface area contributed by atoms with E-state index in [-0.39, 0.29) is 0 Å². The van der Waals surface area contributed by atoms with Crippen LogP contribution in [0.1, 0.15) is 0 Å². The lowest BCUT2D eigenvalue weighted by Gasteiger charge is -2.05. The molecular formula is C11H7N3O2. The van der Waals surface area contributed by atoms with Gasteiger partial charge >= 0.3 is 5.69 Å². The van der Waals surface area contributed by atoms with Crippen LogP contribution in [0.2, 0.25) is 0 Å². The number of aliphatic imine (C=N–C) groups is 1. The average Bonchev–Trinajstić information content (AvgIpc) is 2.54. The number of aromatic nitrogens is 2. The fourth-order valence-corrected chi connectivity index (χ4v) is 1.58. The van der Waals surface area contributed by atoms with Gasteiger partial charge in [-0.1, -0.05) is 0 Å². The Morgan fingerprint density at radius 1 is 1.31 bits per heavy atom. The van der Waals surface area contributed by atoms with E-state index in [1.54, 1.807) is 24.6 Å². The molecule has 2 aromatic rings. The number of rotatable bonds is 0. The number of hydrogen-bond donors (Lipinski definition) is 1. The van der Waals surface area contributed by atoms with Crippen molar-refractivity contribution in [3.63, 3.8) is 0 Å². The molecule has 0 fully saturated rings. The second-order valence-corrected chi connectivity index (χ2v) is 3.29. The van der Waals surface area contributed by atoms with Gasteiger partial charge in [0.25, 0.3) is 0 Å². The maximum atomic E-state index is 11.2. The highest BCUT2D eigenvalue weighted by atomic mass is 16.5. The van der Waals surface area contributed by atoms with Gasteiger partial charge in [-0.3, -0.25) is 4.99 Å². The van der Waals surface area contributed by atoms with E-state index >= 15 is 0 Å². The van der Waals surface area contributed by atoms with Crippen LogP contribution in [-0.2, 0) is 0 Å². The van der Waals surface area contributed by atoms with Crippen LogP contribution in [-0.4, -0.2) is 16.2 Å². The van der Waals surface area contributed by atoms with Crippen LogP contribution in [0.25, 0.3) is 10.9 Å². The van der Waals surface area contributed by atoms with Crippen molar-refractivity contribution in [3.8, 4) is 5.75 Å². The van der Waals surface area contributed by atoms with Crippen molar-refractivity contribution in [3.05, 3.63) is 41.2 Å². The molecule has 0 radical (unpaired) electrons. The lowest BCUT2D eigenvalue weighted by molar-refractivity contribution is 0.485. The van der Waals surface area contributed by atoms with E-state index in [1.165, 1.54) is 6.20 Å². The fourth-order valence-electron chi connectivity index (χ4n) is 1.58. The second kappa shape index (κ2) is 3.30. The Bertz CT molecular complexity index is 670. The van der Waals surface area contributed by atoms with E-state index in [1.807, 2.05) is 6.07 Å². The molecule has 78 valence electrons. The fraction of sp³-hybridized carbons (Fsp3) is 0. The largest absolute Gasteiger partial charge is 0.463 e. The lowest BCUT2D eigenvalue weighted by atomic mass is 10.2. The molecule has 0 spiro atoms. The minimum Gasteiger partial charge on any atom is -0.463 e. The summed E-state index contributed by atoms with van der Waals surface area (Å²) < 4.78 is 5.35. The number of hydrogen-bond acceptors (Lipinski definition) is 4. The van der Waals surface area contributed by atoms with Crippen LogP contribution in [0.5, 0.6) is 5.75 Å². The molecule has 2 heterocycles. The summed E-state index contributed by atoms with van der Waals surface area (Å²) in [7, 11) is 0. The smallest absolute Gasteiger partial charge is 0.345 e. The van der Waals surface area contributed by atoms with Crippen molar-refractivity contribution in [2.45, 2.75) is 0 Å². The molecule has 1 aromatic heterocycles. The quantitative estimate of drug-likeness (QED) is 0.721. The Morgan fingerprint density at radius 2 is 2.25 bits per heavy atom. The Hall–Kier alpha value is -2.43. The summed E-state index contributed by atoms with van der Waals surface area (Å²) in [4.78, 5) is 21.7. The predicted molar refractivity (Wildman–Crippen MR) is 60.3 cm³/mol. The number of benzene rings is 1. The third-order valence-corrected chi connectivity index (χ3v) is 2.29. The van der Waals surface area contributed by atoms with Crippen LogP contribution in [0.15, 0.2) is 40.5 Å². The van der Waals surface area contributed by atoms with Gasteiger partial charge in [-0.25, -0.2) is 9.78 Å². The molecule has 0 amide bonds. The molecule has 16 heavy (non-hydrogen) atoms. The standard InChI is InChI=1S/C11H7N3O2/c15-11-13-6-7-2-3-8-10(9(7)14-11)12-4-1-5-16-8/h1-6H,(H,13,14,15). The van der Waals surface area contributed by atoms with Crippen LogP contribution in [0.3, 0.4) is 0 Å². The minimum absolute atomic E-state index is 0.395. The number of aromatic amines is 1. The van der Waals surface area contributed by atoms with Gasteiger partial charge in [0, 0.05) is 17.8 Å². The first-order valence-electron chi connectivity index (χ1n) is 4.72. The number of nitrogens with one attached hydrogen (secondary N) is 1. The summed E-state index contributed by atoms with van der Waals surface area (Å²) in [5.74, 6) is 0.611. The zero-order valence-corrected chi connectivity index (χ0v) is 8.18. The van der Waals surface area contributed by atoms with Crippen molar-refractivity contribution in [2.75, 3.05) is 0 Å². The van der Waals surface area contributed by atoms with Crippen molar-refractivity contribution in [2.24, 2.45) is 4.99 Å². The van der Waals surface area contributed by atoms with Crippen molar-refractivity contribution < 1.29 is 4.74 Å². The molecule has 1 N–H and O–H groups in total. The number of nitrogens with zero attached hydrogens (tertiary/aromatic N) is 2. The summed E-state index contributed by atoms with van der Waals surface area (Å²) in [6.45, 7) is 0. The van der Waals surface area contributed by atoms with E-state index in [2.05, 4.69) is 15.0 Å². The number of ether oxygens (including phenoxy) is 1. The van der Waals surface area contributed by atoms with Gasteiger partial charge < -0.3 is 9.72 Å². The molecular weight excluding hydrogens is 206 g/mol. The van der Waals surface area contributed by atoms with E-state index in [4.69, 9.17) is 4.74 Å². The monoisotopic (exact) mass is 213 g/mol. The molecule has 1 aliphatic rings. The number of allylic oxidation sites excluding steroid dienone is 1. The Balaban J connectivity index is 2.42. The van der Waals surface area contributed by atoms with Gasteiger partial charge in [0.05, 0.1) is 11.8 Å². The summed E-state index contributed by atoms with van der Waals surface area (Å²) in [5.41, 5.74) is 0.854. The molecule has 1 aliphatic heterocycles. The number of H-pyrrole nitrogens is 1. The molecule has 0 aliphatic carbocycles. The lowest BCUT2D eigenvalue weighted by Crippen LogP contribution is -2.08. The first-order valence-corrected chi connectivity index (χ1v) is 4.72. The molecule has 0 unspecified atom stereocenters. The molecule has 5 heteroatoms. The van der Waals surface area contributed by atoms with Crippen LogP contribution in [0.4, 0.5) is 5.69 Å². The summed E-state index contributed by atoms with van der Waals surface area (Å²) in [6, 6.07) is 3.62. The van der Waals surface area contributed by atoms with Crippen LogP contribution < -0.4 is 10.4 Å². The molecule has 1 aromatic carbocycles. The third-order valence-electron chi connectivity index (χ3n) is 2.29. The maximum Gasteiger partial charge on any atom is 0.345 e. The van der Waals surface area contributed by atoms with Crippen molar-refractivity contribution in [1.29, 1.82) is 0 Å². The normalized spacial score (nSPS) is 13.2. The number of fused-ring (bicyclic) bond motifs is 3. The first-order chi connectivity index (χ1) is 7.84. The highest BCUT2D eigenvalue weighted by molar-refractivity contribution is 5.94. The summed E-state index contributed by atoms with van der Waals surface area (Å²) in [6.07, 6.45) is 6.36. The van der Waals surface area contributed by atoms with Gasteiger partial charge in [0.2, 0.25) is 0 Å². The summed E-state index contributed by atoms with van der Waals surface area (Å²) >= 11 is 0. The molecule has 0 saturated carbocycles. The highest BCUT2D eigenvalue weighted by Crippen LogP contribution is 2.34. The Kier molecular flexibility index (Phi) is 1.83. The Labute approximate surface area is 90.1 Å². The highest BCUT2D eigenvalue weighted by Gasteiger charge is 2.09. The maximum absolute atomic E-state index is 11.2. The van der Waals surface area contributed by atoms with Gasteiger partial charge in [-0.15, -0.1) is 0 Å². The average molecular weight is 213 g/mol. The van der Waals surface area contributed by atoms with E-state index in [0.717, 1.165) is 5.39 Å². The molecule has 0 bridgehead atoms. The van der Waals surface area contributed by atoms with Crippen molar-refractivity contribution in [1.82, 2.24) is 9.97 Å². The predicted octanol–water partition coefficient (Wildman–Crippen LogP) is 1.53. The zero-order valence-electron chi connectivity index (χ0n) is 8.18. The van der Waals surface area contributed by atoms with Gasteiger partial charge in [0.1, 0.15) is 5.69 Å². The molecule has 3 rings (SSSR count). The van der Waals surface area contributed by atoms with E-state index in [0.29, 0.717) is 17.0 Å². The van der Waals surface area contributed by atoms with Gasteiger partial charge in [-0.05, 0) is 18.2 Å². The van der Waals surface area contributed by atoms with Gasteiger partial charge in [-0.2, -0.15) is 0 Å². The SMILES string of the molecule is O=c1ncc2ccc3c(c2[nH]1)N=CC=CO3. The minimum atomic E-state index is -0.395. The molecule has 0 saturated heterocycles. The van der Waals surface area contributed by atoms with Crippen LogP contribution >= 0.6 is 0 Å². The topological polar surface area (TPSA) is 67.3 Å². The Morgan fingerprint density at radius 3 is 3.19 bits per heavy atom. The third kappa shape index (κ3) is 1.30. The first kappa shape index (κ1) is 8.84.